The molecule has 110 valence electrons. The van der Waals surface area contributed by atoms with Crippen molar-refractivity contribution in [2.75, 3.05) is 19.7 Å². The summed E-state index contributed by atoms with van der Waals surface area (Å²) in [5, 5.41) is 9.08. The van der Waals surface area contributed by atoms with Gasteiger partial charge in [0.25, 0.3) is 0 Å². The summed E-state index contributed by atoms with van der Waals surface area (Å²) in [4.78, 5) is 2.68. The molecule has 1 N–H and O–H groups in total. The molecule has 0 aromatic heterocycles. The molecule has 2 aliphatic rings. The Balaban J connectivity index is 1.62. The van der Waals surface area contributed by atoms with Gasteiger partial charge in [-0.3, -0.25) is 4.90 Å². The van der Waals surface area contributed by atoms with Crippen molar-refractivity contribution in [1.82, 2.24) is 4.90 Å². The van der Waals surface area contributed by atoms with Crippen molar-refractivity contribution in [2.45, 2.75) is 56.4 Å². The van der Waals surface area contributed by atoms with Gasteiger partial charge < -0.3 is 5.11 Å². The van der Waals surface area contributed by atoms with E-state index in [-0.39, 0.29) is 0 Å². The van der Waals surface area contributed by atoms with Gasteiger partial charge in [0.15, 0.2) is 0 Å². The van der Waals surface area contributed by atoms with Crippen LogP contribution in [0.5, 0.6) is 0 Å². The number of hydrogen-bond acceptors (Lipinski definition) is 2. The van der Waals surface area contributed by atoms with Gasteiger partial charge in [0.2, 0.25) is 0 Å². The summed E-state index contributed by atoms with van der Waals surface area (Å²) in [7, 11) is 0. The molecule has 1 aromatic carbocycles. The van der Waals surface area contributed by atoms with E-state index in [0.29, 0.717) is 12.1 Å². The zero-order valence-corrected chi connectivity index (χ0v) is 12.4. The van der Waals surface area contributed by atoms with E-state index in [4.69, 9.17) is 5.11 Å². The zero-order valence-electron chi connectivity index (χ0n) is 12.4. The summed E-state index contributed by atoms with van der Waals surface area (Å²) in [6.07, 6.45) is 9.01. The highest BCUT2D eigenvalue weighted by molar-refractivity contribution is 5.21. The molecule has 2 fully saturated rings. The molecule has 0 unspecified atom stereocenters. The molecule has 1 aliphatic carbocycles. The largest absolute Gasteiger partial charge is 0.396 e. The maximum absolute atomic E-state index is 9.08. The Kier molecular flexibility index (Phi) is 4.42. The van der Waals surface area contributed by atoms with Crippen LogP contribution >= 0.6 is 0 Å². The first-order valence-electron chi connectivity index (χ1n) is 8.25. The zero-order chi connectivity index (χ0) is 13.8. The molecular formula is C18H27NO. The molecule has 0 amide bonds. The Bertz CT molecular complexity index is 409. The summed E-state index contributed by atoms with van der Waals surface area (Å²) in [6, 6.07) is 11.0. The van der Waals surface area contributed by atoms with Crippen molar-refractivity contribution >= 4 is 0 Å². The maximum Gasteiger partial charge on any atom is 0.0443 e. The molecule has 1 saturated heterocycles. The highest BCUT2D eigenvalue weighted by Crippen LogP contribution is 2.46. The number of rotatable bonds is 4. The summed E-state index contributed by atoms with van der Waals surface area (Å²) < 4.78 is 0. The van der Waals surface area contributed by atoms with Gasteiger partial charge in [0, 0.05) is 18.7 Å². The lowest BCUT2D eigenvalue weighted by atomic mass is 9.73. The van der Waals surface area contributed by atoms with Crippen molar-refractivity contribution < 1.29 is 5.11 Å². The minimum Gasteiger partial charge on any atom is -0.396 e. The Morgan fingerprint density at radius 2 is 1.85 bits per heavy atom. The monoisotopic (exact) mass is 273 g/mol. The molecule has 20 heavy (non-hydrogen) atoms. The molecule has 1 heterocycles. The third kappa shape index (κ3) is 2.77. The second-order valence-electron chi connectivity index (χ2n) is 6.58. The summed E-state index contributed by atoms with van der Waals surface area (Å²) in [6.45, 7) is 2.67. The number of aliphatic hydroxyl groups is 1. The SMILES string of the molecule is OCCCN1CCCC12CCC(c1ccccc1)CC2. The van der Waals surface area contributed by atoms with Crippen molar-refractivity contribution in [3.05, 3.63) is 35.9 Å². The molecule has 0 bridgehead atoms. The Morgan fingerprint density at radius 1 is 1.10 bits per heavy atom. The summed E-state index contributed by atoms with van der Waals surface area (Å²) in [5.41, 5.74) is 2.00. The molecule has 2 nitrogen and oxygen atoms in total. The predicted octanol–water partition coefficient (Wildman–Crippen LogP) is 3.56. The molecule has 1 spiro atoms. The van der Waals surface area contributed by atoms with E-state index in [9.17, 15) is 0 Å². The van der Waals surface area contributed by atoms with E-state index in [0.717, 1.165) is 18.9 Å². The quantitative estimate of drug-likeness (QED) is 0.906. The van der Waals surface area contributed by atoms with E-state index in [1.54, 1.807) is 0 Å². The van der Waals surface area contributed by atoms with Crippen LogP contribution in [0.4, 0.5) is 0 Å². The lowest BCUT2D eigenvalue weighted by molar-refractivity contribution is 0.0795. The van der Waals surface area contributed by atoms with E-state index < -0.39 is 0 Å². The van der Waals surface area contributed by atoms with Crippen LogP contribution in [0.2, 0.25) is 0 Å². The van der Waals surface area contributed by atoms with Crippen LogP contribution in [0.25, 0.3) is 0 Å². The lowest BCUT2D eigenvalue weighted by Gasteiger charge is -2.44. The predicted molar refractivity (Wildman–Crippen MR) is 82.9 cm³/mol. The minimum atomic E-state index is 0.333. The third-order valence-corrected chi connectivity index (χ3v) is 5.51. The Labute approximate surface area is 122 Å². The highest BCUT2D eigenvalue weighted by atomic mass is 16.3. The second kappa shape index (κ2) is 6.28. The van der Waals surface area contributed by atoms with Crippen LogP contribution in [-0.4, -0.2) is 35.2 Å². The fourth-order valence-electron chi connectivity index (χ4n) is 4.38. The van der Waals surface area contributed by atoms with Crippen molar-refractivity contribution in [3.8, 4) is 0 Å². The van der Waals surface area contributed by atoms with Gasteiger partial charge in [-0.15, -0.1) is 0 Å². The number of likely N-dealkylation sites (tertiary alicyclic amines) is 1. The van der Waals surface area contributed by atoms with Gasteiger partial charge >= 0.3 is 0 Å². The summed E-state index contributed by atoms with van der Waals surface area (Å²) in [5.74, 6) is 0.766. The van der Waals surface area contributed by atoms with Crippen molar-refractivity contribution in [1.29, 1.82) is 0 Å². The average Bonchev–Trinajstić information content (AvgIpc) is 2.89. The first-order valence-corrected chi connectivity index (χ1v) is 8.25. The van der Waals surface area contributed by atoms with Crippen LogP contribution in [0.15, 0.2) is 30.3 Å². The standard InChI is InChI=1S/C18H27NO/c20-15-5-14-19-13-4-10-18(19)11-8-17(9-12-18)16-6-2-1-3-7-16/h1-3,6-7,17,20H,4-5,8-15H2. The molecule has 1 aliphatic heterocycles. The topological polar surface area (TPSA) is 23.5 Å². The minimum absolute atomic E-state index is 0.333. The van der Waals surface area contributed by atoms with Gasteiger partial charge in [-0.05, 0) is 63.0 Å². The molecule has 1 aromatic rings. The van der Waals surface area contributed by atoms with Gasteiger partial charge in [-0.2, -0.15) is 0 Å². The van der Waals surface area contributed by atoms with Crippen LogP contribution in [0, 0.1) is 0 Å². The normalized spacial score (nSPS) is 30.9. The van der Waals surface area contributed by atoms with E-state index in [1.807, 2.05) is 0 Å². The van der Waals surface area contributed by atoms with Crippen LogP contribution in [-0.2, 0) is 0 Å². The van der Waals surface area contributed by atoms with Crippen LogP contribution in [0.1, 0.15) is 56.4 Å². The van der Waals surface area contributed by atoms with Crippen LogP contribution in [0.3, 0.4) is 0 Å². The number of aliphatic hydroxyl groups excluding tert-OH is 1. The third-order valence-electron chi connectivity index (χ3n) is 5.51. The van der Waals surface area contributed by atoms with Crippen molar-refractivity contribution in [3.63, 3.8) is 0 Å². The van der Waals surface area contributed by atoms with Gasteiger partial charge in [0.05, 0.1) is 0 Å². The highest BCUT2D eigenvalue weighted by Gasteiger charge is 2.42. The first-order chi connectivity index (χ1) is 9.84. The molecule has 0 atom stereocenters. The van der Waals surface area contributed by atoms with Crippen molar-refractivity contribution in [2.24, 2.45) is 0 Å². The lowest BCUT2D eigenvalue weighted by Crippen LogP contribution is -2.46. The fraction of sp³-hybridized carbons (Fsp3) is 0.667. The second-order valence-corrected chi connectivity index (χ2v) is 6.58. The van der Waals surface area contributed by atoms with Gasteiger partial charge in [-0.1, -0.05) is 30.3 Å². The van der Waals surface area contributed by atoms with Gasteiger partial charge in [0.1, 0.15) is 0 Å². The van der Waals surface area contributed by atoms with E-state index in [2.05, 4.69) is 35.2 Å². The Hall–Kier alpha value is -0.860. The molecule has 0 radical (unpaired) electrons. The molecule has 3 rings (SSSR count). The smallest absolute Gasteiger partial charge is 0.0443 e. The summed E-state index contributed by atoms with van der Waals surface area (Å²) >= 11 is 0. The first kappa shape index (κ1) is 14.1. The average molecular weight is 273 g/mol. The fourth-order valence-corrected chi connectivity index (χ4v) is 4.38. The molecular weight excluding hydrogens is 246 g/mol. The van der Waals surface area contributed by atoms with E-state index >= 15 is 0 Å². The number of hydrogen-bond donors (Lipinski definition) is 1. The van der Waals surface area contributed by atoms with E-state index in [1.165, 1.54) is 50.6 Å². The number of nitrogens with zero attached hydrogens (tertiary/aromatic N) is 1. The maximum atomic E-state index is 9.08. The Morgan fingerprint density at radius 3 is 2.55 bits per heavy atom. The van der Waals surface area contributed by atoms with Gasteiger partial charge in [-0.25, -0.2) is 0 Å². The van der Waals surface area contributed by atoms with Crippen LogP contribution < -0.4 is 0 Å². The number of benzene rings is 1. The molecule has 2 heteroatoms. The molecule has 1 saturated carbocycles.